The summed E-state index contributed by atoms with van der Waals surface area (Å²) in [4.78, 5) is 14.9. The first-order chi connectivity index (χ1) is 14.1. The molecule has 2 saturated heterocycles. The summed E-state index contributed by atoms with van der Waals surface area (Å²) in [6, 6.07) is 7.18. The van der Waals surface area contributed by atoms with Gasteiger partial charge in [-0.25, -0.2) is 0 Å². The minimum Gasteiger partial charge on any atom is -0.411 e. The van der Waals surface area contributed by atoms with Crippen molar-refractivity contribution >= 4 is 41.0 Å². The van der Waals surface area contributed by atoms with Crippen molar-refractivity contribution in [2.24, 2.45) is 0 Å². The summed E-state index contributed by atoms with van der Waals surface area (Å²) >= 11 is 9.10. The predicted octanol–water partition coefficient (Wildman–Crippen LogP) is 2.81. The van der Waals surface area contributed by atoms with Gasteiger partial charge in [-0.3, -0.25) is 9.69 Å². The van der Waals surface area contributed by atoms with Crippen LogP contribution in [0.1, 0.15) is 6.42 Å². The number of hydrogen-bond acceptors (Lipinski definition) is 8. The number of halogens is 1. The summed E-state index contributed by atoms with van der Waals surface area (Å²) in [6.07, 6.45) is 1.10. The van der Waals surface area contributed by atoms with E-state index in [9.17, 15) is 4.79 Å². The number of benzene rings is 1. The van der Waals surface area contributed by atoms with E-state index in [-0.39, 0.29) is 17.2 Å². The van der Waals surface area contributed by atoms with Crippen LogP contribution in [0.3, 0.4) is 0 Å². The summed E-state index contributed by atoms with van der Waals surface area (Å²) in [6.45, 7) is 4.06. The SMILES string of the molecule is O=C(CSc1nnc(-c2ccc(Cl)cc2)o1)NCC1(N2CCOCC2)CCSC1. The van der Waals surface area contributed by atoms with Gasteiger partial charge in [0.1, 0.15) is 0 Å². The number of amides is 1. The van der Waals surface area contributed by atoms with Crippen molar-refractivity contribution in [1.29, 1.82) is 0 Å². The van der Waals surface area contributed by atoms with Gasteiger partial charge in [-0.2, -0.15) is 11.8 Å². The van der Waals surface area contributed by atoms with E-state index in [0.717, 1.165) is 49.8 Å². The zero-order chi connectivity index (χ0) is 20.1. The van der Waals surface area contributed by atoms with E-state index in [0.29, 0.717) is 22.7 Å². The fraction of sp³-hybridized carbons (Fsp3) is 0.526. The molecule has 0 aliphatic carbocycles. The lowest BCUT2D eigenvalue weighted by Gasteiger charge is -2.43. The number of hydrogen-bond donors (Lipinski definition) is 1. The maximum atomic E-state index is 12.4. The molecule has 2 aliphatic rings. The molecule has 0 spiro atoms. The number of nitrogens with zero attached hydrogens (tertiary/aromatic N) is 3. The minimum atomic E-state index is -0.0224. The van der Waals surface area contributed by atoms with Crippen molar-refractivity contribution in [3.05, 3.63) is 29.3 Å². The third kappa shape index (κ3) is 5.27. The number of carbonyl (C=O) groups excluding carboxylic acids is 1. The Morgan fingerprint density at radius 3 is 2.79 bits per heavy atom. The Morgan fingerprint density at radius 2 is 2.07 bits per heavy atom. The van der Waals surface area contributed by atoms with Crippen LogP contribution in [0.25, 0.3) is 11.5 Å². The van der Waals surface area contributed by atoms with Gasteiger partial charge in [-0.1, -0.05) is 23.4 Å². The van der Waals surface area contributed by atoms with Gasteiger partial charge in [0.05, 0.1) is 19.0 Å². The van der Waals surface area contributed by atoms with Crippen LogP contribution < -0.4 is 5.32 Å². The zero-order valence-corrected chi connectivity index (χ0v) is 18.3. The average molecular weight is 455 g/mol. The van der Waals surface area contributed by atoms with Gasteiger partial charge < -0.3 is 14.5 Å². The van der Waals surface area contributed by atoms with Crippen molar-refractivity contribution in [3.8, 4) is 11.5 Å². The molecule has 0 bridgehead atoms. The van der Waals surface area contributed by atoms with E-state index >= 15 is 0 Å². The number of carbonyl (C=O) groups is 1. The first-order valence-corrected chi connectivity index (χ1v) is 12.1. The van der Waals surface area contributed by atoms with Gasteiger partial charge in [0, 0.05) is 41.5 Å². The molecule has 29 heavy (non-hydrogen) atoms. The Balaban J connectivity index is 1.28. The molecule has 2 aromatic rings. The van der Waals surface area contributed by atoms with E-state index in [2.05, 4.69) is 20.4 Å². The van der Waals surface area contributed by atoms with Crippen molar-refractivity contribution in [3.63, 3.8) is 0 Å². The molecular formula is C19H23ClN4O3S2. The first kappa shape index (κ1) is 21.0. The summed E-state index contributed by atoms with van der Waals surface area (Å²) in [5.41, 5.74) is 0.838. The van der Waals surface area contributed by atoms with Crippen LogP contribution >= 0.6 is 35.1 Å². The van der Waals surface area contributed by atoms with Crippen LogP contribution in [0, 0.1) is 0 Å². The molecule has 1 atom stereocenters. The van der Waals surface area contributed by atoms with E-state index in [1.807, 2.05) is 23.9 Å². The summed E-state index contributed by atoms with van der Waals surface area (Å²) in [5, 5.41) is 12.2. The third-order valence-electron chi connectivity index (χ3n) is 5.20. The predicted molar refractivity (Wildman–Crippen MR) is 116 cm³/mol. The Bertz CT molecular complexity index is 821. The van der Waals surface area contributed by atoms with Crippen LogP contribution in [0.15, 0.2) is 33.9 Å². The van der Waals surface area contributed by atoms with Crippen molar-refractivity contribution in [1.82, 2.24) is 20.4 Å². The monoisotopic (exact) mass is 454 g/mol. The molecule has 1 N–H and O–H groups in total. The van der Waals surface area contributed by atoms with Gasteiger partial charge in [-0.05, 0) is 36.4 Å². The highest BCUT2D eigenvalue weighted by Crippen LogP contribution is 2.33. The number of ether oxygens (including phenoxy) is 1. The summed E-state index contributed by atoms with van der Waals surface area (Å²) < 4.78 is 11.1. The molecule has 1 amide bonds. The molecule has 3 heterocycles. The van der Waals surface area contributed by atoms with Gasteiger partial charge >= 0.3 is 0 Å². The Labute approximate surface area is 183 Å². The summed E-state index contributed by atoms with van der Waals surface area (Å²) in [7, 11) is 0. The lowest BCUT2D eigenvalue weighted by atomic mass is 9.95. The van der Waals surface area contributed by atoms with Crippen molar-refractivity contribution in [2.75, 3.05) is 50.1 Å². The van der Waals surface area contributed by atoms with E-state index < -0.39 is 0 Å². The fourth-order valence-electron chi connectivity index (χ4n) is 3.55. The van der Waals surface area contributed by atoms with Gasteiger partial charge in [0.15, 0.2) is 0 Å². The number of nitrogens with one attached hydrogen (secondary N) is 1. The minimum absolute atomic E-state index is 0.0224. The molecule has 7 nitrogen and oxygen atoms in total. The lowest BCUT2D eigenvalue weighted by Crippen LogP contribution is -2.59. The quantitative estimate of drug-likeness (QED) is 0.639. The van der Waals surface area contributed by atoms with Gasteiger partial charge in [0.2, 0.25) is 11.8 Å². The third-order valence-corrected chi connectivity index (χ3v) is 7.51. The largest absolute Gasteiger partial charge is 0.411 e. The van der Waals surface area contributed by atoms with Crippen LogP contribution in [0.2, 0.25) is 5.02 Å². The molecule has 10 heteroatoms. The Hall–Kier alpha value is -1.26. The van der Waals surface area contributed by atoms with Crippen LogP contribution in [-0.2, 0) is 9.53 Å². The molecule has 156 valence electrons. The van der Waals surface area contributed by atoms with Gasteiger partial charge in [0.25, 0.3) is 5.22 Å². The number of thioether (sulfide) groups is 2. The standard InChI is InChI=1S/C19H23ClN4O3S2/c20-15-3-1-14(2-4-15)17-22-23-18(27-17)29-11-16(25)21-12-19(5-10-28-13-19)24-6-8-26-9-7-24/h1-4H,5-13H2,(H,21,25). The number of rotatable bonds is 7. The molecule has 1 unspecified atom stereocenters. The molecule has 0 saturated carbocycles. The number of morpholine rings is 1. The first-order valence-electron chi connectivity index (χ1n) is 9.54. The second kappa shape index (κ2) is 9.70. The molecule has 4 rings (SSSR count). The normalized spacial score (nSPS) is 22.7. The van der Waals surface area contributed by atoms with Crippen molar-refractivity contribution < 1.29 is 13.9 Å². The molecule has 1 aromatic carbocycles. The Kier molecular flexibility index (Phi) is 7.02. The van der Waals surface area contributed by atoms with E-state index in [4.69, 9.17) is 20.8 Å². The second-order valence-corrected chi connectivity index (χ2v) is 9.54. The molecule has 1 aromatic heterocycles. The highest BCUT2D eigenvalue weighted by Gasteiger charge is 2.40. The van der Waals surface area contributed by atoms with E-state index in [1.165, 1.54) is 11.8 Å². The molecule has 0 radical (unpaired) electrons. The topological polar surface area (TPSA) is 80.5 Å². The van der Waals surface area contributed by atoms with Gasteiger partial charge in [-0.15, -0.1) is 10.2 Å². The Morgan fingerprint density at radius 1 is 1.28 bits per heavy atom. The molecular weight excluding hydrogens is 432 g/mol. The smallest absolute Gasteiger partial charge is 0.277 e. The zero-order valence-electron chi connectivity index (χ0n) is 15.9. The average Bonchev–Trinajstić information content (AvgIpc) is 3.43. The lowest BCUT2D eigenvalue weighted by molar-refractivity contribution is -0.119. The molecule has 2 fully saturated rings. The van der Waals surface area contributed by atoms with Crippen LogP contribution in [0.4, 0.5) is 0 Å². The maximum Gasteiger partial charge on any atom is 0.277 e. The highest BCUT2D eigenvalue weighted by atomic mass is 35.5. The number of aromatic nitrogens is 2. The summed E-state index contributed by atoms with van der Waals surface area (Å²) in [5.74, 6) is 2.82. The maximum absolute atomic E-state index is 12.4. The second-order valence-electron chi connectivity index (χ2n) is 7.07. The molecule has 2 aliphatic heterocycles. The van der Waals surface area contributed by atoms with Crippen LogP contribution in [0.5, 0.6) is 0 Å². The van der Waals surface area contributed by atoms with Crippen LogP contribution in [-0.4, -0.2) is 76.6 Å². The van der Waals surface area contributed by atoms with Crippen molar-refractivity contribution in [2.45, 2.75) is 17.2 Å². The highest BCUT2D eigenvalue weighted by molar-refractivity contribution is 7.99. The fourth-order valence-corrected chi connectivity index (χ4v) is 5.75. The van der Waals surface area contributed by atoms with E-state index in [1.54, 1.807) is 12.1 Å².